The lowest BCUT2D eigenvalue weighted by atomic mass is 10.2. The third kappa shape index (κ3) is 3.61. The van der Waals surface area contributed by atoms with Gasteiger partial charge in [0.25, 0.3) is 0 Å². The molecule has 0 radical (unpaired) electrons. The van der Waals surface area contributed by atoms with Gasteiger partial charge in [-0.1, -0.05) is 0 Å². The van der Waals surface area contributed by atoms with Crippen molar-refractivity contribution in [3.05, 3.63) is 0 Å². The number of hydrogen-bond donors (Lipinski definition) is 2. The second kappa shape index (κ2) is 7.12. The average molecular weight is 285 g/mol. The number of likely N-dealkylation sites (N-methyl/N-ethyl adjacent to an activating group) is 1. The molecule has 7 nitrogen and oxygen atoms in total. The second-order valence-corrected chi connectivity index (χ2v) is 4.87. The van der Waals surface area contributed by atoms with Crippen LogP contribution in [0.1, 0.15) is 33.6 Å². The summed E-state index contributed by atoms with van der Waals surface area (Å²) < 4.78 is 0. The molecule has 3 amide bonds. The van der Waals surface area contributed by atoms with Crippen molar-refractivity contribution in [2.75, 3.05) is 19.6 Å². The monoisotopic (exact) mass is 285 g/mol. The van der Waals surface area contributed by atoms with E-state index < -0.39 is 24.1 Å². The van der Waals surface area contributed by atoms with Crippen LogP contribution in [0, 0.1) is 0 Å². The number of carbonyl (C=O) groups is 3. The summed E-state index contributed by atoms with van der Waals surface area (Å²) in [5.41, 5.74) is 0. The molecule has 0 aromatic carbocycles. The molecule has 1 aliphatic heterocycles. The van der Waals surface area contributed by atoms with Gasteiger partial charge in [0.2, 0.25) is 5.91 Å². The molecule has 20 heavy (non-hydrogen) atoms. The molecular weight excluding hydrogens is 262 g/mol. The molecule has 1 unspecified atom stereocenters. The maximum Gasteiger partial charge on any atom is 0.326 e. The Kier molecular flexibility index (Phi) is 5.79. The molecule has 114 valence electrons. The summed E-state index contributed by atoms with van der Waals surface area (Å²) in [6.07, 6.45) is 1.13. The Balaban J connectivity index is 2.61. The van der Waals surface area contributed by atoms with E-state index in [0.29, 0.717) is 32.5 Å². The van der Waals surface area contributed by atoms with Crippen LogP contribution in [0.25, 0.3) is 0 Å². The summed E-state index contributed by atoms with van der Waals surface area (Å²) in [5, 5.41) is 11.6. The van der Waals surface area contributed by atoms with Gasteiger partial charge in [0.15, 0.2) is 0 Å². The predicted octanol–water partition coefficient (Wildman–Crippen LogP) is 0.502. The average Bonchev–Trinajstić information content (AvgIpc) is 2.89. The number of amides is 3. The Morgan fingerprint density at radius 1 is 1.35 bits per heavy atom. The van der Waals surface area contributed by atoms with Gasteiger partial charge in [-0.2, -0.15) is 0 Å². The summed E-state index contributed by atoms with van der Waals surface area (Å²) >= 11 is 0. The Morgan fingerprint density at radius 2 is 1.95 bits per heavy atom. The maximum absolute atomic E-state index is 12.1. The topological polar surface area (TPSA) is 90.0 Å². The van der Waals surface area contributed by atoms with E-state index in [-0.39, 0.29) is 5.91 Å². The quantitative estimate of drug-likeness (QED) is 0.769. The van der Waals surface area contributed by atoms with E-state index in [1.807, 2.05) is 13.8 Å². The van der Waals surface area contributed by atoms with E-state index in [9.17, 15) is 14.4 Å². The van der Waals surface area contributed by atoms with Crippen LogP contribution in [-0.2, 0) is 9.59 Å². The van der Waals surface area contributed by atoms with Crippen molar-refractivity contribution in [3.8, 4) is 0 Å². The fourth-order valence-electron chi connectivity index (χ4n) is 2.41. The molecule has 1 saturated heterocycles. The largest absolute Gasteiger partial charge is 0.480 e. The third-order valence-electron chi connectivity index (χ3n) is 3.58. The number of hydrogen-bond acceptors (Lipinski definition) is 3. The summed E-state index contributed by atoms with van der Waals surface area (Å²) in [6, 6.07) is -1.92. The van der Waals surface area contributed by atoms with Crippen LogP contribution in [0.15, 0.2) is 0 Å². The highest BCUT2D eigenvalue weighted by Gasteiger charge is 2.35. The molecule has 2 atom stereocenters. The van der Waals surface area contributed by atoms with Crippen LogP contribution in [0.5, 0.6) is 0 Å². The summed E-state index contributed by atoms with van der Waals surface area (Å²) in [7, 11) is 0. The molecular formula is C13H23N3O4. The first-order valence-electron chi connectivity index (χ1n) is 7.01. The van der Waals surface area contributed by atoms with E-state index in [1.54, 1.807) is 11.8 Å². The van der Waals surface area contributed by atoms with E-state index in [0.717, 1.165) is 0 Å². The SMILES string of the molecule is CCN(CC)C(=O)C(C)NC(=O)N1CCC[C@H]1C(=O)O. The number of nitrogens with one attached hydrogen (secondary N) is 1. The van der Waals surface area contributed by atoms with E-state index in [1.165, 1.54) is 4.90 Å². The lowest BCUT2D eigenvalue weighted by Gasteiger charge is -2.27. The first-order valence-corrected chi connectivity index (χ1v) is 7.01. The Hall–Kier alpha value is -1.79. The van der Waals surface area contributed by atoms with Crippen LogP contribution in [0.3, 0.4) is 0 Å². The van der Waals surface area contributed by atoms with Crippen molar-refractivity contribution in [2.45, 2.75) is 45.7 Å². The molecule has 0 aromatic rings. The van der Waals surface area contributed by atoms with Gasteiger partial charge in [0, 0.05) is 19.6 Å². The fraction of sp³-hybridized carbons (Fsp3) is 0.769. The van der Waals surface area contributed by atoms with E-state index in [2.05, 4.69) is 5.32 Å². The number of nitrogens with zero attached hydrogens (tertiary/aromatic N) is 2. The molecule has 1 heterocycles. The number of carboxylic acid groups (broad SMARTS) is 1. The molecule has 0 saturated carbocycles. The number of likely N-dealkylation sites (tertiary alicyclic amines) is 1. The molecule has 0 aliphatic carbocycles. The normalized spacial score (nSPS) is 19.6. The molecule has 7 heteroatoms. The zero-order valence-electron chi connectivity index (χ0n) is 12.3. The number of rotatable bonds is 5. The first-order chi connectivity index (χ1) is 9.42. The van der Waals surface area contributed by atoms with Crippen molar-refractivity contribution in [2.24, 2.45) is 0 Å². The minimum absolute atomic E-state index is 0.158. The van der Waals surface area contributed by atoms with E-state index >= 15 is 0 Å². The van der Waals surface area contributed by atoms with Gasteiger partial charge in [-0.25, -0.2) is 9.59 Å². The number of urea groups is 1. The molecule has 1 fully saturated rings. The van der Waals surface area contributed by atoms with Crippen molar-refractivity contribution in [3.63, 3.8) is 0 Å². The van der Waals surface area contributed by atoms with Gasteiger partial charge >= 0.3 is 12.0 Å². The van der Waals surface area contributed by atoms with E-state index in [4.69, 9.17) is 5.11 Å². The Bertz CT molecular complexity index is 382. The van der Waals surface area contributed by atoms with Gasteiger partial charge in [-0.3, -0.25) is 4.79 Å². The highest BCUT2D eigenvalue weighted by Crippen LogP contribution is 2.17. The number of aliphatic carboxylic acids is 1. The molecule has 0 spiro atoms. The van der Waals surface area contributed by atoms with Crippen molar-refractivity contribution in [1.82, 2.24) is 15.1 Å². The second-order valence-electron chi connectivity index (χ2n) is 4.87. The van der Waals surface area contributed by atoms with Crippen LogP contribution < -0.4 is 5.32 Å². The third-order valence-corrected chi connectivity index (χ3v) is 3.58. The summed E-state index contributed by atoms with van der Waals surface area (Å²) in [5.74, 6) is -1.16. The van der Waals surface area contributed by atoms with Gasteiger partial charge in [0.05, 0.1) is 0 Å². The molecule has 1 rings (SSSR count). The van der Waals surface area contributed by atoms with Gasteiger partial charge < -0.3 is 20.2 Å². The van der Waals surface area contributed by atoms with Crippen LogP contribution in [-0.4, -0.2) is 64.5 Å². The van der Waals surface area contributed by atoms with Gasteiger partial charge in [-0.15, -0.1) is 0 Å². The maximum atomic E-state index is 12.1. The Labute approximate surface area is 118 Å². The first kappa shape index (κ1) is 16.3. The Morgan fingerprint density at radius 3 is 2.45 bits per heavy atom. The molecule has 0 bridgehead atoms. The predicted molar refractivity (Wildman–Crippen MR) is 73.3 cm³/mol. The summed E-state index contributed by atoms with van der Waals surface area (Å²) in [6.45, 7) is 6.93. The van der Waals surface area contributed by atoms with Crippen LogP contribution >= 0.6 is 0 Å². The zero-order chi connectivity index (χ0) is 15.3. The van der Waals surface area contributed by atoms with Crippen molar-refractivity contribution in [1.29, 1.82) is 0 Å². The van der Waals surface area contributed by atoms with Crippen molar-refractivity contribution < 1.29 is 19.5 Å². The zero-order valence-corrected chi connectivity index (χ0v) is 12.3. The molecule has 1 aliphatic rings. The highest BCUT2D eigenvalue weighted by molar-refractivity contribution is 5.88. The smallest absolute Gasteiger partial charge is 0.326 e. The minimum atomic E-state index is -1.000. The fourth-order valence-corrected chi connectivity index (χ4v) is 2.41. The molecule has 0 aromatic heterocycles. The standard InChI is InChI=1S/C13H23N3O4/c1-4-15(5-2)11(17)9(3)14-13(20)16-8-6-7-10(16)12(18)19/h9-10H,4-8H2,1-3H3,(H,14,20)(H,18,19)/t9?,10-/m0/s1. The van der Waals surface area contributed by atoms with Gasteiger partial charge in [-0.05, 0) is 33.6 Å². The number of carboxylic acids is 1. The highest BCUT2D eigenvalue weighted by atomic mass is 16.4. The lowest BCUT2D eigenvalue weighted by Crippen LogP contribution is -2.53. The van der Waals surface area contributed by atoms with Crippen LogP contribution in [0.2, 0.25) is 0 Å². The molecule has 2 N–H and O–H groups in total. The van der Waals surface area contributed by atoms with Crippen molar-refractivity contribution >= 4 is 17.9 Å². The van der Waals surface area contributed by atoms with Crippen LogP contribution in [0.4, 0.5) is 4.79 Å². The lowest BCUT2D eigenvalue weighted by molar-refractivity contribution is -0.141. The van der Waals surface area contributed by atoms with Gasteiger partial charge in [0.1, 0.15) is 12.1 Å². The minimum Gasteiger partial charge on any atom is -0.480 e. The number of carbonyl (C=O) groups excluding carboxylic acids is 2. The summed E-state index contributed by atoms with van der Waals surface area (Å²) in [4.78, 5) is 38.1.